The van der Waals surface area contributed by atoms with Crippen molar-refractivity contribution in [2.24, 2.45) is 0 Å². The molecule has 0 saturated carbocycles. The van der Waals surface area contributed by atoms with Crippen LogP contribution in [0.2, 0.25) is 5.02 Å². The molecule has 110 valence electrons. The standard InChI is InChI=1S/C13H9ClFNO4S/c14-9-4-5-12(11(15)7-9)21(19,20)16-10-3-1-2-8(6-10)13(17)18/h1-7,16H,(H,17,18). The topological polar surface area (TPSA) is 83.5 Å². The summed E-state index contributed by atoms with van der Waals surface area (Å²) in [6, 6.07) is 8.33. The van der Waals surface area contributed by atoms with Gasteiger partial charge in [-0.05, 0) is 36.4 Å². The molecule has 0 saturated heterocycles. The fraction of sp³-hybridized carbons (Fsp3) is 0. The first-order chi connectivity index (χ1) is 9.79. The second-order valence-corrected chi connectivity index (χ2v) is 6.15. The van der Waals surface area contributed by atoms with Crippen LogP contribution in [0.5, 0.6) is 0 Å². The Kier molecular flexibility index (Phi) is 4.15. The number of aromatic carboxylic acids is 1. The number of nitrogens with one attached hydrogen (secondary N) is 1. The van der Waals surface area contributed by atoms with Gasteiger partial charge >= 0.3 is 5.97 Å². The zero-order valence-electron chi connectivity index (χ0n) is 10.4. The molecule has 2 rings (SSSR count). The molecule has 2 aromatic carbocycles. The average Bonchev–Trinajstić information content (AvgIpc) is 2.37. The van der Waals surface area contributed by atoms with Crippen LogP contribution in [0.3, 0.4) is 0 Å². The number of carboxylic acid groups (broad SMARTS) is 1. The molecule has 0 atom stereocenters. The highest BCUT2D eigenvalue weighted by molar-refractivity contribution is 7.92. The molecule has 5 nitrogen and oxygen atoms in total. The number of anilines is 1. The van der Waals surface area contributed by atoms with Gasteiger partial charge in [0.05, 0.1) is 5.56 Å². The summed E-state index contributed by atoms with van der Waals surface area (Å²) in [5.41, 5.74) is -0.0731. The lowest BCUT2D eigenvalue weighted by Gasteiger charge is -2.09. The number of halogens is 2. The van der Waals surface area contributed by atoms with E-state index in [0.29, 0.717) is 0 Å². The molecule has 0 heterocycles. The molecule has 2 aromatic rings. The number of rotatable bonds is 4. The largest absolute Gasteiger partial charge is 0.478 e. The molecule has 0 radical (unpaired) electrons. The SMILES string of the molecule is O=C(O)c1cccc(NS(=O)(=O)c2ccc(Cl)cc2F)c1. The Morgan fingerprint density at radius 2 is 1.90 bits per heavy atom. The Bertz CT molecular complexity index is 808. The van der Waals surface area contributed by atoms with E-state index in [2.05, 4.69) is 4.72 Å². The summed E-state index contributed by atoms with van der Waals surface area (Å²) in [5.74, 6) is -2.20. The number of hydrogen-bond acceptors (Lipinski definition) is 3. The van der Waals surface area contributed by atoms with Gasteiger partial charge in [-0.3, -0.25) is 4.72 Å². The molecule has 8 heteroatoms. The summed E-state index contributed by atoms with van der Waals surface area (Å²) in [7, 11) is -4.18. The Labute approximate surface area is 125 Å². The summed E-state index contributed by atoms with van der Waals surface area (Å²) >= 11 is 5.56. The summed E-state index contributed by atoms with van der Waals surface area (Å²) in [6.07, 6.45) is 0. The third-order valence-electron chi connectivity index (χ3n) is 2.55. The summed E-state index contributed by atoms with van der Waals surface area (Å²) in [4.78, 5) is 10.3. The normalized spacial score (nSPS) is 11.1. The van der Waals surface area contributed by atoms with Gasteiger partial charge in [0.2, 0.25) is 0 Å². The Morgan fingerprint density at radius 1 is 1.19 bits per heavy atom. The second kappa shape index (κ2) is 5.71. The first-order valence-corrected chi connectivity index (χ1v) is 7.47. The van der Waals surface area contributed by atoms with Gasteiger partial charge in [-0.2, -0.15) is 0 Å². The number of carboxylic acids is 1. The number of benzene rings is 2. The van der Waals surface area contributed by atoms with Gasteiger partial charge in [0.25, 0.3) is 10.0 Å². The van der Waals surface area contributed by atoms with E-state index in [4.69, 9.17) is 16.7 Å². The third kappa shape index (κ3) is 3.50. The second-order valence-electron chi connectivity index (χ2n) is 4.07. The van der Waals surface area contributed by atoms with Crippen molar-refractivity contribution in [3.63, 3.8) is 0 Å². The minimum absolute atomic E-state index is 0.0178. The Hall–Kier alpha value is -2.12. The zero-order chi connectivity index (χ0) is 15.6. The lowest BCUT2D eigenvalue weighted by atomic mass is 10.2. The number of sulfonamides is 1. The number of hydrogen-bond donors (Lipinski definition) is 2. The van der Waals surface area contributed by atoms with Crippen LogP contribution in [0.15, 0.2) is 47.4 Å². The van der Waals surface area contributed by atoms with Crippen molar-refractivity contribution in [3.05, 3.63) is 58.9 Å². The van der Waals surface area contributed by atoms with E-state index >= 15 is 0 Å². The lowest BCUT2D eigenvalue weighted by Crippen LogP contribution is -2.15. The molecule has 0 amide bonds. The van der Waals surface area contributed by atoms with Crippen molar-refractivity contribution in [2.45, 2.75) is 4.90 Å². The zero-order valence-corrected chi connectivity index (χ0v) is 12.0. The summed E-state index contributed by atoms with van der Waals surface area (Å²) < 4.78 is 39.9. The minimum atomic E-state index is -4.18. The molecule has 0 unspecified atom stereocenters. The fourth-order valence-corrected chi connectivity index (χ4v) is 2.89. The maximum Gasteiger partial charge on any atom is 0.335 e. The molecule has 0 aliphatic carbocycles. The van der Waals surface area contributed by atoms with Gasteiger partial charge in [0.15, 0.2) is 0 Å². The van der Waals surface area contributed by atoms with Crippen molar-refractivity contribution in [3.8, 4) is 0 Å². The summed E-state index contributed by atoms with van der Waals surface area (Å²) in [6.45, 7) is 0. The van der Waals surface area contributed by atoms with Gasteiger partial charge in [-0.1, -0.05) is 17.7 Å². The quantitative estimate of drug-likeness (QED) is 0.903. The van der Waals surface area contributed by atoms with Gasteiger partial charge in [-0.25, -0.2) is 17.6 Å². The highest BCUT2D eigenvalue weighted by Crippen LogP contribution is 2.22. The molecule has 0 fully saturated rings. The predicted octanol–water partition coefficient (Wildman–Crippen LogP) is 2.98. The average molecular weight is 330 g/mol. The van der Waals surface area contributed by atoms with Crippen molar-refractivity contribution in [1.29, 1.82) is 0 Å². The van der Waals surface area contributed by atoms with Crippen LogP contribution in [0.1, 0.15) is 10.4 Å². The van der Waals surface area contributed by atoms with Crippen molar-refractivity contribution in [1.82, 2.24) is 0 Å². The maximum atomic E-state index is 13.7. The summed E-state index contributed by atoms with van der Waals surface area (Å²) in [5, 5.41) is 8.92. The van der Waals surface area contributed by atoms with Gasteiger partial charge in [0.1, 0.15) is 10.7 Å². The van der Waals surface area contributed by atoms with E-state index in [1.807, 2.05) is 0 Å². The third-order valence-corrected chi connectivity index (χ3v) is 4.19. The molecule has 0 aromatic heterocycles. The number of carbonyl (C=O) groups is 1. The van der Waals surface area contributed by atoms with Crippen molar-refractivity contribution >= 4 is 33.3 Å². The van der Waals surface area contributed by atoms with Crippen molar-refractivity contribution < 1.29 is 22.7 Å². The molecule has 0 aliphatic rings. The first-order valence-electron chi connectivity index (χ1n) is 5.61. The van der Waals surface area contributed by atoms with Crippen LogP contribution in [0, 0.1) is 5.82 Å². The predicted molar refractivity (Wildman–Crippen MR) is 75.6 cm³/mol. The fourth-order valence-electron chi connectivity index (χ4n) is 1.62. The maximum absolute atomic E-state index is 13.7. The van der Waals surface area contributed by atoms with E-state index in [9.17, 15) is 17.6 Å². The van der Waals surface area contributed by atoms with Crippen molar-refractivity contribution in [2.75, 3.05) is 4.72 Å². The van der Waals surface area contributed by atoms with Crippen LogP contribution in [-0.2, 0) is 10.0 Å². The van der Waals surface area contributed by atoms with Crippen LogP contribution < -0.4 is 4.72 Å². The lowest BCUT2D eigenvalue weighted by molar-refractivity contribution is 0.0697. The minimum Gasteiger partial charge on any atom is -0.478 e. The molecule has 2 N–H and O–H groups in total. The Morgan fingerprint density at radius 3 is 2.52 bits per heavy atom. The van der Waals surface area contributed by atoms with E-state index in [1.165, 1.54) is 24.3 Å². The van der Waals surface area contributed by atoms with Crippen LogP contribution in [0.4, 0.5) is 10.1 Å². The smallest absolute Gasteiger partial charge is 0.335 e. The molecule has 0 aliphatic heterocycles. The van der Waals surface area contributed by atoms with Crippen LogP contribution >= 0.6 is 11.6 Å². The van der Waals surface area contributed by atoms with Gasteiger partial charge in [-0.15, -0.1) is 0 Å². The Balaban J connectivity index is 2.37. The molecular formula is C13H9ClFNO4S. The highest BCUT2D eigenvalue weighted by atomic mass is 35.5. The van der Waals surface area contributed by atoms with E-state index in [0.717, 1.165) is 18.2 Å². The molecule has 0 spiro atoms. The van der Waals surface area contributed by atoms with E-state index in [1.54, 1.807) is 0 Å². The molecule has 0 bridgehead atoms. The monoisotopic (exact) mass is 329 g/mol. The van der Waals surface area contributed by atoms with E-state index < -0.39 is 26.7 Å². The van der Waals surface area contributed by atoms with Gasteiger partial charge < -0.3 is 5.11 Å². The highest BCUT2D eigenvalue weighted by Gasteiger charge is 2.19. The van der Waals surface area contributed by atoms with Gasteiger partial charge in [0, 0.05) is 10.7 Å². The molecule has 21 heavy (non-hydrogen) atoms. The first kappa shape index (κ1) is 15.3. The van der Waals surface area contributed by atoms with Crippen LogP contribution in [0.25, 0.3) is 0 Å². The van der Waals surface area contributed by atoms with Crippen LogP contribution in [-0.4, -0.2) is 19.5 Å². The van der Waals surface area contributed by atoms with E-state index in [-0.39, 0.29) is 16.3 Å². The molecular weight excluding hydrogens is 321 g/mol.